The number of carboxylic acid groups (broad SMARTS) is 1. The minimum absolute atomic E-state index is 0.0194. The number of fused-ring (bicyclic) bond motifs is 5. The van der Waals surface area contributed by atoms with Crippen LogP contribution >= 0.6 is 23.5 Å². The van der Waals surface area contributed by atoms with Crippen molar-refractivity contribution in [1.29, 1.82) is 0 Å². The molecule has 4 aromatic carbocycles. The molecule has 98 heavy (non-hydrogen) atoms. The second-order valence-electron chi connectivity index (χ2n) is 24.6. The van der Waals surface area contributed by atoms with Crippen molar-refractivity contribution in [2.45, 2.75) is 124 Å². The lowest BCUT2D eigenvalue weighted by atomic mass is 9.86. The van der Waals surface area contributed by atoms with Crippen molar-refractivity contribution in [3.63, 3.8) is 0 Å². The number of carbonyl (C=O) groups is 11. The third-order valence-corrected chi connectivity index (χ3v) is 19.6. The molecule has 1 saturated heterocycles. The van der Waals surface area contributed by atoms with E-state index in [9.17, 15) is 62.1 Å². The Bertz CT molecular complexity index is 4000. The largest absolute Gasteiger partial charge is 0.508 e. The summed E-state index contributed by atoms with van der Waals surface area (Å²) < 4.78 is 29.7. The molecule has 30 heteroatoms. The van der Waals surface area contributed by atoms with E-state index in [2.05, 4.69) is 52.2 Å². The number of aromatic nitrogens is 3. The molecule has 9 rings (SSSR count). The van der Waals surface area contributed by atoms with Crippen molar-refractivity contribution < 1.29 is 71.7 Å². The van der Waals surface area contributed by atoms with Gasteiger partial charge in [0.05, 0.1) is 30.7 Å². The quantitative estimate of drug-likeness (QED) is 0.0836. The second-order valence-corrected chi connectivity index (χ2v) is 26.7. The summed E-state index contributed by atoms with van der Waals surface area (Å²) in [4.78, 5) is 167. The molecule has 1 fully saturated rings. The van der Waals surface area contributed by atoms with E-state index >= 15 is 9.59 Å². The number of carbonyl (C=O) groups excluding carboxylic acids is 10. The standard InChI is InChI=1S/C68H77F2N13O13S2/c1-68-17-3-18-83(68)67(96)55(21-37-6-13-47(84)14-7-37)82-65(94)53(27-46-31-73-36-76-46)80-66(95)54(28-60(88)89)81-64(93)52(22-41-9-8-40-10-11-44(69)25-48(40)41)79-63(92)51(23-42-30-74-50-15-12-45(70)26-49(42)50)77-59(87)32-75-62(91)56(29-71)78-58(86)16-19-97-33-38-4-2-5-39(20-38)34-98-35-43(61(72)90)24-57(68)85/h2,4-7,9-15,20,25-26,30-31,36,43,51-56,74,84H,3,8,16-19,21-24,27-29,32-35,71H2,1H3,(H2,72,90)(H,73,76)(H,75,91)(H,77,87)(H,78,86)(H,79,92)(H,80,95)(H,81,93)(H,82,94)(H,88,89)/t43-,51-,52-,53-,54-,55-,56-,68-/m0/s1. The number of phenolic OH excluding ortho intramolecular Hbond substituents is 1. The highest BCUT2D eigenvalue weighted by molar-refractivity contribution is 7.98. The normalized spacial score (nSPS) is 23.6. The van der Waals surface area contributed by atoms with E-state index in [4.69, 9.17) is 11.5 Å². The number of hydrogen-bond acceptors (Lipinski definition) is 16. The molecule has 9 amide bonds. The van der Waals surface area contributed by atoms with Crippen molar-refractivity contribution in [3.8, 4) is 5.75 Å². The number of nitrogens with one attached hydrogen (secondary N) is 9. The van der Waals surface area contributed by atoms with E-state index in [1.807, 2.05) is 24.3 Å². The van der Waals surface area contributed by atoms with Crippen molar-refractivity contribution >= 4 is 105 Å². The number of aromatic amines is 2. The first-order valence-electron chi connectivity index (χ1n) is 31.8. The maximum atomic E-state index is 15.2. The number of thioether (sulfide) groups is 2. The van der Waals surface area contributed by atoms with Crippen LogP contribution in [0.4, 0.5) is 8.78 Å². The van der Waals surface area contributed by atoms with Crippen LogP contribution in [-0.2, 0) is 89.9 Å². The Kier molecular flexibility index (Phi) is 24.6. The molecule has 2 aliphatic heterocycles. The highest BCUT2D eigenvalue weighted by Crippen LogP contribution is 2.35. The fourth-order valence-corrected chi connectivity index (χ4v) is 14.1. The molecule has 4 heterocycles. The molecule has 2 aromatic heterocycles. The summed E-state index contributed by atoms with van der Waals surface area (Å²) in [5, 5.41) is 38.8. The zero-order valence-corrected chi connectivity index (χ0v) is 55.1. The number of halogens is 2. The van der Waals surface area contributed by atoms with Gasteiger partial charge in [0.2, 0.25) is 53.2 Å². The number of hydrogen-bond donors (Lipinski definition) is 13. The molecule has 0 radical (unpaired) electrons. The number of carboxylic acids is 1. The highest BCUT2D eigenvalue weighted by atomic mass is 32.2. The number of rotatable bonds is 12. The van der Waals surface area contributed by atoms with Crippen molar-refractivity contribution in [2.75, 3.05) is 31.1 Å². The zero-order chi connectivity index (χ0) is 70.2. The first-order valence-corrected chi connectivity index (χ1v) is 34.1. The molecule has 0 spiro atoms. The minimum Gasteiger partial charge on any atom is -0.508 e. The van der Waals surface area contributed by atoms with Gasteiger partial charge in [-0.3, -0.25) is 52.7 Å². The van der Waals surface area contributed by atoms with Gasteiger partial charge in [0.15, 0.2) is 5.78 Å². The third kappa shape index (κ3) is 19.2. The molecule has 3 aliphatic rings. The van der Waals surface area contributed by atoms with Crippen molar-refractivity contribution in [3.05, 3.63) is 160 Å². The summed E-state index contributed by atoms with van der Waals surface area (Å²) in [6.07, 6.45) is 3.76. The predicted molar refractivity (Wildman–Crippen MR) is 360 cm³/mol. The number of nitrogens with zero attached hydrogens (tertiary/aromatic N) is 2. The Morgan fingerprint density at radius 2 is 1.37 bits per heavy atom. The number of phenols is 1. The molecular weight excluding hydrogens is 1310 g/mol. The van der Waals surface area contributed by atoms with Crippen LogP contribution in [0.3, 0.4) is 0 Å². The van der Waals surface area contributed by atoms with E-state index in [0.717, 1.165) is 11.1 Å². The number of nitrogens with two attached hydrogens (primary N) is 2. The minimum atomic E-state index is -2.03. The Morgan fingerprint density at radius 1 is 0.714 bits per heavy atom. The van der Waals surface area contributed by atoms with Crippen LogP contribution in [0.15, 0.2) is 110 Å². The van der Waals surface area contributed by atoms with Gasteiger partial charge in [-0.05, 0) is 108 Å². The van der Waals surface area contributed by atoms with Crippen molar-refractivity contribution in [2.24, 2.45) is 17.4 Å². The maximum absolute atomic E-state index is 15.2. The second kappa shape index (κ2) is 33.3. The average molecular weight is 1390 g/mol. The number of aromatic hydroxyl groups is 1. The molecule has 8 atom stereocenters. The van der Waals surface area contributed by atoms with E-state index in [1.54, 1.807) is 13.0 Å². The highest BCUT2D eigenvalue weighted by Gasteiger charge is 2.48. The SMILES string of the molecule is C[C@@]12CCCN1C(=O)[C@H](Cc1ccc(O)cc1)NC(=O)[C@H](Cc1cnc[nH]1)NC(=O)[C@H](CC(=O)O)NC(=O)[C@H](CC1=CCc3ccc(F)cc31)NC(=O)[C@H](Cc1c[nH]c3ccc(F)cc13)NC(=O)CNC(=O)[C@H](CN)NC(=O)CCSCc1cccc(c1)CSC[C@@H](C(N)=O)CC2=O. The number of benzene rings is 4. The van der Waals surface area contributed by atoms with Gasteiger partial charge in [-0.1, -0.05) is 48.5 Å². The summed E-state index contributed by atoms with van der Waals surface area (Å²) in [5.74, 6) is -11.2. The summed E-state index contributed by atoms with van der Waals surface area (Å²) in [7, 11) is 0. The van der Waals surface area contributed by atoms with Crippen LogP contribution in [-0.4, -0.2) is 168 Å². The molecule has 26 nitrogen and oxygen atoms in total. The number of H-pyrrole nitrogens is 2. The molecule has 1 aliphatic carbocycles. The third-order valence-electron chi connectivity index (χ3n) is 17.4. The van der Waals surface area contributed by atoms with Gasteiger partial charge in [0.25, 0.3) is 0 Å². The molecule has 2 bridgehead atoms. The predicted octanol–water partition coefficient (Wildman–Crippen LogP) is 2.40. The van der Waals surface area contributed by atoms with Gasteiger partial charge in [-0.15, -0.1) is 0 Å². The fourth-order valence-electron chi connectivity index (χ4n) is 12.1. The summed E-state index contributed by atoms with van der Waals surface area (Å²) in [6.45, 7) is 0.498. The monoisotopic (exact) mass is 1390 g/mol. The Hall–Kier alpha value is -9.94. The number of Topliss-reactive ketones (excluding diaryl/α,β-unsaturated/α-hetero) is 1. The average Bonchev–Trinajstić information content (AvgIpc) is 1.58. The Labute approximate surface area is 570 Å². The van der Waals surface area contributed by atoms with Gasteiger partial charge < -0.3 is 73.8 Å². The van der Waals surface area contributed by atoms with E-state index in [0.29, 0.717) is 62.4 Å². The van der Waals surface area contributed by atoms with Crippen LogP contribution in [0.25, 0.3) is 16.5 Å². The van der Waals surface area contributed by atoms with Crippen LogP contribution in [0.1, 0.15) is 84.5 Å². The van der Waals surface area contributed by atoms with Crippen LogP contribution in [0.5, 0.6) is 5.75 Å². The molecular formula is C68H77F2N13O13S2. The fraction of sp³-hybridized carbons (Fsp3) is 0.382. The maximum Gasteiger partial charge on any atom is 0.305 e. The number of ketones is 1. The van der Waals surface area contributed by atoms with Crippen molar-refractivity contribution in [1.82, 2.24) is 57.1 Å². The van der Waals surface area contributed by atoms with E-state index < -0.39 is 144 Å². The lowest BCUT2D eigenvalue weighted by Gasteiger charge is -2.37. The number of imidazole rings is 1. The molecule has 15 N–H and O–H groups in total. The van der Waals surface area contributed by atoms with Gasteiger partial charge >= 0.3 is 5.97 Å². The van der Waals surface area contributed by atoms with Gasteiger partial charge in [-0.25, -0.2) is 13.8 Å². The topological polar surface area (TPSA) is 412 Å². The van der Waals surface area contributed by atoms with Crippen LogP contribution < -0.4 is 48.7 Å². The number of allylic oxidation sites excluding steroid dienone is 1. The Morgan fingerprint density at radius 3 is 2.06 bits per heavy atom. The van der Waals surface area contributed by atoms with Gasteiger partial charge in [0, 0.05) is 104 Å². The van der Waals surface area contributed by atoms with Gasteiger partial charge in [0.1, 0.15) is 53.6 Å². The summed E-state index contributed by atoms with van der Waals surface area (Å²) in [5.41, 5.74) is 15.1. The molecule has 518 valence electrons. The zero-order valence-electron chi connectivity index (χ0n) is 53.5. The number of amides is 9. The number of aliphatic carboxylic acids is 1. The molecule has 6 aromatic rings. The van der Waals surface area contributed by atoms with E-state index in [1.165, 1.54) is 108 Å². The Balaban J connectivity index is 1.05. The number of primary amides is 1. The lowest BCUT2D eigenvalue weighted by Crippen LogP contribution is -2.61. The van der Waals surface area contributed by atoms with Crippen LogP contribution in [0.2, 0.25) is 0 Å². The smallest absolute Gasteiger partial charge is 0.305 e. The van der Waals surface area contributed by atoms with Crippen LogP contribution in [0, 0.1) is 17.6 Å². The first kappa shape index (κ1) is 72.3. The van der Waals surface area contributed by atoms with Gasteiger partial charge in [-0.2, -0.15) is 23.5 Å². The lowest BCUT2D eigenvalue weighted by molar-refractivity contribution is -0.146. The van der Waals surface area contributed by atoms with E-state index in [-0.39, 0.29) is 75.2 Å². The summed E-state index contributed by atoms with van der Waals surface area (Å²) in [6, 6.07) is 11.4. The first-order chi connectivity index (χ1) is 46.9. The molecule has 0 unspecified atom stereocenters. The summed E-state index contributed by atoms with van der Waals surface area (Å²) >= 11 is 2.83. The molecule has 0 saturated carbocycles.